The van der Waals surface area contributed by atoms with E-state index >= 15 is 0 Å². The first-order chi connectivity index (χ1) is 9.13. The predicted octanol–water partition coefficient (Wildman–Crippen LogP) is 0.230. The third-order valence-electron chi connectivity index (χ3n) is 3.54. The number of carbonyl (C=O) groups is 2. The Bertz CT molecular complexity index is 288. The van der Waals surface area contributed by atoms with E-state index in [1.165, 1.54) is 0 Å². The van der Waals surface area contributed by atoms with Crippen molar-refractivity contribution < 1.29 is 19.4 Å². The van der Waals surface area contributed by atoms with Crippen LogP contribution in [0.5, 0.6) is 0 Å². The summed E-state index contributed by atoms with van der Waals surface area (Å²) in [7, 11) is 1.60. The van der Waals surface area contributed by atoms with Crippen LogP contribution in [-0.2, 0) is 14.3 Å². The zero-order valence-electron chi connectivity index (χ0n) is 11.5. The summed E-state index contributed by atoms with van der Waals surface area (Å²) in [5.74, 6) is -0.392. The van der Waals surface area contributed by atoms with Crippen LogP contribution in [0.2, 0.25) is 0 Å². The second-order valence-corrected chi connectivity index (χ2v) is 5.03. The Balaban J connectivity index is 2.04. The van der Waals surface area contributed by atoms with Gasteiger partial charge < -0.3 is 20.5 Å². The average Bonchev–Trinajstić information content (AvgIpc) is 2.39. The van der Waals surface area contributed by atoms with Crippen LogP contribution in [0.15, 0.2) is 0 Å². The highest BCUT2D eigenvalue weighted by Gasteiger charge is 2.25. The van der Waals surface area contributed by atoms with Gasteiger partial charge in [-0.15, -0.1) is 0 Å². The van der Waals surface area contributed by atoms with Crippen LogP contribution in [0.25, 0.3) is 0 Å². The van der Waals surface area contributed by atoms with Crippen molar-refractivity contribution in [2.45, 2.75) is 25.7 Å². The summed E-state index contributed by atoms with van der Waals surface area (Å²) < 4.78 is 4.84. The summed E-state index contributed by atoms with van der Waals surface area (Å²) in [5, 5.41) is 14.8. The second-order valence-electron chi connectivity index (χ2n) is 5.03. The standard InChI is InChI=1S/C13H24N2O4/c1-19-7-6-15-12(16)9-14-8-10-2-4-11(5-3-10)13(17)18/h10-11,14H,2-9H2,1H3,(H,15,16)(H,17,18). The molecule has 0 aromatic rings. The molecule has 1 aliphatic carbocycles. The van der Waals surface area contributed by atoms with E-state index in [2.05, 4.69) is 10.6 Å². The van der Waals surface area contributed by atoms with Crippen LogP contribution >= 0.6 is 0 Å². The predicted molar refractivity (Wildman–Crippen MR) is 70.8 cm³/mol. The molecule has 6 nitrogen and oxygen atoms in total. The van der Waals surface area contributed by atoms with Crippen LogP contribution in [0.3, 0.4) is 0 Å². The Morgan fingerprint density at radius 2 is 1.95 bits per heavy atom. The van der Waals surface area contributed by atoms with Gasteiger partial charge in [-0.25, -0.2) is 0 Å². The molecule has 1 fully saturated rings. The number of hydrogen-bond donors (Lipinski definition) is 3. The largest absolute Gasteiger partial charge is 0.481 e. The van der Waals surface area contributed by atoms with Gasteiger partial charge in [0, 0.05) is 13.7 Å². The van der Waals surface area contributed by atoms with Crippen molar-refractivity contribution in [2.75, 3.05) is 33.4 Å². The lowest BCUT2D eigenvalue weighted by molar-refractivity contribution is -0.143. The molecule has 0 aromatic heterocycles. The highest BCUT2D eigenvalue weighted by Crippen LogP contribution is 2.28. The quantitative estimate of drug-likeness (QED) is 0.551. The van der Waals surface area contributed by atoms with E-state index in [0.29, 0.717) is 25.6 Å². The van der Waals surface area contributed by atoms with Crippen molar-refractivity contribution in [3.05, 3.63) is 0 Å². The number of ether oxygens (including phenoxy) is 1. The van der Waals surface area contributed by atoms with Crippen LogP contribution in [0, 0.1) is 11.8 Å². The summed E-state index contributed by atoms with van der Waals surface area (Å²) in [6.07, 6.45) is 3.36. The molecule has 0 unspecified atom stereocenters. The van der Waals surface area contributed by atoms with Crippen molar-refractivity contribution in [3.63, 3.8) is 0 Å². The van der Waals surface area contributed by atoms with Crippen molar-refractivity contribution in [1.29, 1.82) is 0 Å². The molecule has 0 aliphatic heterocycles. The molecule has 0 bridgehead atoms. The minimum absolute atomic E-state index is 0.0312. The fourth-order valence-electron chi connectivity index (χ4n) is 2.36. The Hall–Kier alpha value is -1.14. The number of amides is 1. The van der Waals surface area contributed by atoms with Gasteiger partial charge in [0.2, 0.25) is 5.91 Å². The Labute approximate surface area is 113 Å². The van der Waals surface area contributed by atoms with Gasteiger partial charge in [0.05, 0.1) is 19.1 Å². The molecule has 0 spiro atoms. The molecule has 0 aromatic carbocycles. The topological polar surface area (TPSA) is 87.7 Å². The number of carboxylic acids is 1. The van der Waals surface area contributed by atoms with E-state index in [1.54, 1.807) is 7.11 Å². The van der Waals surface area contributed by atoms with Crippen molar-refractivity contribution in [2.24, 2.45) is 11.8 Å². The molecule has 1 saturated carbocycles. The Morgan fingerprint density at radius 1 is 1.26 bits per heavy atom. The lowest BCUT2D eigenvalue weighted by Gasteiger charge is -2.26. The van der Waals surface area contributed by atoms with E-state index < -0.39 is 5.97 Å². The van der Waals surface area contributed by atoms with Crippen LogP contribution in [0.4, 0.5) is 0 Å². The van der Waals surface area contributed by atoms with Crippen molar-refractivity contribution >= 4 is 11.9 Å². The van der Waals surface area contributed by atoms with Gasteiger partial charge in [0.25, 0.3) is 0 Å². The molecule has 110 valence electrons. The van der Waals surface area contributed by atoms with E-state index in [1.807, 2.05) is 0 Å². The van der Waals surface area contributed by atoms with Gasteiger partial charge in [-0.3, -0.25) is 9.59 Å². The minimum Gasteiger partial charge on any atom is -0.481 e. The zero-order valence-corrected chi connectivity index (χ0v) is 11.5. The number of hydrogen-bond acceptors (Lipinski definition) is 4. The lowest BCUT2D eigenvalue weighted by atomic mass is 9.82. The van der Waals surface area contributed by atoms with Gasteiger partial charge in [-0.1, -0.05) is 0 Å². The maximum atomic E-state index is 11.4. The summed E-state index contributed by atoms with van der Waals surface area (Å²) in [6, 6.07) is 0. The summed E-state index contributed by atoms with van der Waals surface area (Å²) in [6.45, 7) is 2.14. The van der Waals surface area contributed by atoms with Gasteiger partial charge in [-0.2, -0.15) is 0 Å². The molecular formula is C13H24N2O4. The third-order valence-corrected chi connectivity index (χ3v) is 3.54. The molecule has 0 atom stereocenters. The monoisotopic (exact) mass is 272 g/mol. The smallest absolute Gasteiger partial charge is 0.306 e. The van der Waals surface area contributed by atoms with Crippen LogP contribution < -0.4 is 10.6 Å². The molecule has 0 heterocycles. The maximum absolute atomic E-state index is 11.4. The first-order valence-electron chi connectivity index (χ1n) is 6.82. The Morgan fingerprint density at radius 3 is 2.53 bits per heavy atom. The second kappa shape index (κ2) is 8.87. The highest BCUT2D eigenvalue weighted by atomic mass is 16.5. The minimum atomic E-state index is -0.677. The highest BCUT2D eigenvalue weighted by molar-refractivity contribution is 5.77. The number of carbonyl (C=O) groups excluding carboxylic acids is 1. The normalized spacial score (nSPS) is 23.0. The van der Waals surface area contributed by atoms with Crippen molar-refractivity contribution in [3.8, 4) is 0 Å². The molecule has 1 aliphatic rings. The van der Waals surface area contributed by atoms with Gasteiger partial charge in [0.15, 0.2) is 0 Å². The lowest BCUT2D eigenvalue weighted by Crippen LogP contribution is -2.38. The SMILES string of the molecule is COCCNC(=O)CNCC1CCC(C(=O)O)CC1. The first-order valence-corrected chi connectivity index (χ1v) is 6.82. The fraction of sp³-hybridized carbons (Fsp3) is 0.846. The van der Waals surface area contributed by atoms with E-state index in [-0.39, 0.29) is 11.8 Å². The summed E-state index contributed by atoms with van der Waals surface area (Å²) >= 11 is 0. The van der Waals surface area contributed by atoms with Crippen molar-refractivity contribution in [1.82, 2.24) is 10.6 Å². The van der Waals surface area contributed by atoms with E-state index in [9.17, 15) is 9.59 Å². The third kappa shape index (κ3) is 6.54. The fourth-order valence-corrected chi connectivity index (χ4v) is 2.36. The molecule has 0 radical (unpaired) electrons. The number of aliphatic carboxylic acids is 1. The molecule has 1 amide bonds. The number of methoxy groups -OCH3 is 1. The molecule has 6 heteroatoms. The molecule has 3 N–H and O–H groups in total. The average molecular weight is 272 g/mol. The van der Waals surface area contributed by atoms with Crippen LogP contribution in [-0.4, -0.2) is 50.3 Å². The molecule has 19 heavy (non-hydrogen) atoms. The number of rotatable bonds is 8. The van der Waals surface area contributed by atoms with Crippen LogP contribution in [0.1, 0.15) is 25.7 Å². The summed E-state index contributed by atoms with van der Waals surface area (Å²) in [5.41, 5.74) is 0. The van der Waals surface area contributed by atoms with E-state index in [0.717, 1.165) is 32.2 Å². The molecule has 0 saturated heterocycles. The number of carboxylic acid groups (broad SMARTS) is 1. The van der Waals surface area contributed by atoms with Gasteiger partial charge >= 0.3 is 5.97 Å². The molecular weight excluding hydrogens is 248 g/mol. The zero-order chi connectivity index (χ0) is 14.1. The van der Waals surface area contributed by atoms with Gasteiger partial charge in [0.1, 0.15) is 0 Å². The van der Waals surface area contributed by atoms with Gasteiger partial charge in [-0.05, 0) is 38.1 Å². The maximum Gasteiger partial charge on any atom is 0.306 e. The first kappa shape index (κ1) is 15.9. The Kier molecular flexibility index (Phi) is 7.43. The summed E-state index contributed by atoms with van der Waals surface area (Å²) in [4.78, 5) is 22.2. The molecule has 1 rings (SSSR count). The number of nitrogens with one attached hydrogen (secondary N) is 2. The van der Waals surface area contributed by atoms with E-state index in [4.69, 9.17) is 9.84 Å².